The molecule has 0 heterocycles. The van der Waals surface area contributed by atoms with E-state index in [1.54, 1.807) is 19.1 Å². The Kier molecular flexibility index (Phi) is 13.1. The number of nitrogens with two attached hydrogens (primary N) is 1. The molecule has 7 N–H and O–H groups in total. The van der Waals surface area contributed by atoms with Crippen molar-refractivity contribution >= 4 is 23.7 Å². The lowest BCUT2D eigenvalue weighted by Gasteiger charge is -2.29. The maximum absolute atomic E-state index is 13.4. The molecule has 10 heteroatoms. The first-order chi connectivity index (χ1) is 17.4. The Balaban J connectivity index is 3.22. The Morgan fingerprint density at radius 1 is 0.757 bits per heavy atom. The Morgan fingerprint density at radius 2 is 1.24 bits per heavy atom. The number of phenols is 1. The number of benzene rings is 1. The van der Waals surface area contributed by atoms with Crippen LogP contribution < -0.4 is 21.7 Å². The van der Waals surface area contributed by atoms with Crippen molar-refractivity contribution in [3.05, 3.63) is 29.8 Å². The second-order valence-corrected chi connectivity index (χ2v) is 9.92. The van der Waals surface area contributed by atoms with Gasteiger partial charge in [0.15, 0.2) is 0 Å². The first-order valence-electron chi connectivity index (χ1n) is 13.0. The molecule has 0 radical (unpaired) electrons. The van der Waals surface area contributed by atoms with Crippen molar-refractivity contribution in [2.45, 2.75) is 91.4 Å². The fourth-order valence-corrected chi connectivity index (χ4v) is 3.74. The minimum atomic E-state index is -1.17. The third-order valence-corrected chi connectivity index (χ3v) is 7.14. The van der Waals surface area contributed by atoms with Gasteiger partial charge in [0.25, 0.3) is 0 Å². The topological polar surface area (TPSA) is 171 Å². The standard InChI is InChI=1S/C27H44N4O6/c1-7-15(4)21(28)25(34)30-22(16(5)8-2)26(35)29-20(14-18-10-12-19(32)13-11-18)24(33)31-23(27(36)37)17(6)9-3/h10-13,15-17,20-23,32H,7-9,14,28H2,1-6H3,(H,29,35)(H,30,34)(H,31,33)(H,36,37). The molecular formula is C27H44N4O6. The van der Waals surface area contributed by atoms with Gasteiger partial charge in [-0.1, -0.05) is 72.9 Å². The Labute approximate surface area is 219 Å². The fourth-order valence-electron chi connectivity index (χ4n) is 3.74. The second kappa shape index (κ2) is 15.2. The largest absolute Gasteiger partial charge is 0.508 e. The van der Waals surface area contributed by atoms with Crippen molar-refractivity contribution < 1.29 is 29.4 Å². The molecule has 3 amide bonds. The minimum Gasteiger partial charge on any atom is -0.508 e. The van der Waals surface area contributed by atoms with E-state index in [0.717, 1.165) is 0 Å². The van der Waals surface area contributed by atoms with Crippen molar-refractivity contribution in [1.82, 2.24) is 16.0 Å². The first-order valence-corrected chi connectivity index (χ1v) is 13.0. The predicted molar refractivity (Wildman–Crippen MR) is 142 cm³/mol. The average molecular weight is 521 g/mol. The summed E-state index contributed by atoms with van der Waals surface area (Å²) >= 11 is 0. The molecule has 1 aromatic carbocycles. The maximum Gasteiger partial charge on any atom is 0.326 e. The number of carbonyl (C=O) groups excluding carboxylic acids is 3. The monoisotopic (exact) mass is 520 g/mol. The lowest BCUT2D eigenvalue weighted by Crippen LogP contribution is -2.60. The van der Waals surface area contributed by atoms with Crippen LogP contribution in [-0.2, 0) is 25.6 Å². The van der Waals surface area contributed by atoms with Gasteiger partial charge in [0, 0.05) is 6.42 Å². The van der Waals surface area contributed by atoms with Crippen LogP contribution in [0.2, 0.25) is 0 Å². The van der Waals surface area contributed by atoms with Crippen LogP contribution in [0.4, 0.5) is 0 Å². The summed E-state index contributed by atoms with van der Waals surface area (Å²) in [7, 11) is 0. The fraction of sp³-hybridized carbons (Fsp3) is 0.630. The zero-order chi connectivity index (χ0) is 28.3. The van der Waals surface area contributed by atoms with Crippen molar-refractivity contribution in [1.29, 1.82) is 0 Å². The third-order valence-electron chi connectivity index (χ3n) is 7.14. The van der Waals surface area contributed by atoms with E-state index in [-0.39, 0.29) is 29.9 Å². The summed E-state index contributed by atoms with van der Waals surface area (Å²) in [6.45, 7) is 11.0. The molecule has 208 valence electrons. The normalized spacial score (nSPS) is 16.8. The molecule has 0 aliphatic rings. The van der Waals surface area contributed by atoms with E-state index in [9.17, 15) is 29.4 Å². The highest BCUT2D eigenvalue weighted by atomic mass is 16.4. The van der Waals surface area contributed by atoms with Gasteiger partial charge < -0.3 is 31.9 Å². The van der Waals surface area contributed by atoms with E-state index >= 15 is 0 Å². The maximum atomic E-state index is 13.4. The summed E-state index contributed by atoms with van der Waals surface area (Å²) < 4.78 is 0. The van der Waals surface area contributed by atoms with Gasteiger partial charge in [-0.05, 0) is 35.4 Å². The molecule has 1 aromatic rings. The number of amides is 3. The molecule has 0 spiro atoms. The predicted octanol–water partition coefficient (Wildman–Crippen LogP) is 1.94. The lowest BCUT2D eigenvalue weighted by atomic mass is 9.94. The summed E-state index contributed by atoms with van der Waals surface area (Å²) in [4.78, 5) is 51.2. The van der Waals surface area contributed by atoms with E-state index in [1.165, 1.54) is 12.1 Å². The molecule has 0 aliphatic carbocycles. The SMILES string of the molecule is CCC(C)C(N)C(=O)NC(C(=O)NC(Cc1ccc(O)cc1)C(=O)NC(C(=O)O)C(C)CC)C(C)CC. The minimum absolute atomic E-state index is 0.0497. The number of rotatable bonds is 15. The average Bonchev–Trinajstić information content (AvgIpc) is 2.88. The van der Waals surface area contributed by atoms with E-state index in [0.29, 0.717) is 24.8 Å². The van der Waals surface area contributed by atoms with Gasteiger partial charge in [-0.2, -0.15) is 0 Å². The van der Waals surface area contributed by atoms with Crippen LogP contribution >= 0.6 is 0 Å². The number of hydrogen-bond donors (Lipinski definition) is 6. The van der Waals surface area contributed by atoms with Crippen LogP contribution in [0.3, 0.4) is 0 Å². The van der Waals surface area contributed by atoms with Gasteiger partial charge in [0.1, 0.15) is 23.9 Å². The lowest BCUT2D eigenvalue weighted by molar-refractivity contribution is -0.144. The van der Waals surface area contributed by atoms with E-state index in [2.05, 4.69) is 16.0 Å². The van der Waals surface area contributed by atoms with E-state index in [1.807, 2.05) is 34.6 Å². The van der Waals surface area contributed by atoms with Crippen molar-refractivity contribution in [2.75, 3.05) is 0 Å². The third kappa shape index (κ3) is 9.68. The van der Waals surface area contributed by atoms with Crippen LogP contribution in [0.1, 0.15) is 66.4 Å². The molecule has 0 aliphatic heterocycles. The number of aliphatic carboxylic acids is 1. The van der Waals surface area contributed by atoms with Crippen LogP contribution in [-0.4, -0.2) is 58.1 Å². The van der Waals surface area contributed by atoms with Gasteiger partial charge in [-0.15, -0.1) is 0 Å². The number of carboxylic acid groups (broad SMARTS) is 1. The molecule has 10 nitrogen and oxygen atoms in total. The summed E-state index contributed by atoms with van der Waals surface area (Å²) in [5.41, 5.74) is 6.72. The van der Waals surface area contributed by atoms with Crippen LogP contribution in [0.25, 0.3) is 0 Å². The highest BCUT2D eigenvalue weighted by Crippen LogP contribution is 2.15. The van der Waals surface area contributed by atoms with Crippen LogP contribution in [0.15, 0.2) is 24.3 Å². The Bertz CT molecular complexity index is 907. The molecule has 37 heavy (non-hydrogen) atoms. The number of phenolic OH excluding ortho intramolecular Hbond substituents is 1. The summed E-state index contributed by atoms with van der Waals surface area (Å²) in [5.74, 6) is -3.44. The molecular weight excluding hydrogens is 476 g/mol. The molecule has 0 aromatic heterocycles. The number of carbonyl (C=O) groups is 4. The van der Waals surface area contributed by atoms with Crippen LogP contribution in [0.5, 0.6) is 5.75 Å². The molecule has 0 saturated carbocycles. The van der Waals surface area contributed by atoms with Gasteiger partial charge in [0.05, 0.1) is 6.04 Å². The van der Waals surface area contributed by atoms with E-state index in [4.69, 9.17) is 5.73 Å². The van der Waals surface area contributed by atoms with E-state index < -0.39 is 47.9 Å². The first kappa shape index (κ1) is 31.9. The quantitative estimate of drug-likeness (QED) is 0.205. The highest BCUT2D eigenvalue weighted by molar-refractivity contribution is 5.94. The van der Waals surface area contributed by atoms with Crippen molar-refractivity contribution in [2.24, 2.45) is 23.5 Å². The van der Waals surface area contributed by atoms with Gasteiger partial charge in [0.2, 0.25) is 17.7 Å². The molecule has 7 atom stereocenters. The Morgan fingerprint density at radius 3 is 1.73 bits per heavy atom. The number of hydrogen-bond acceptors (Lipinski definition) is 6. The summed E-state index contributed by atoms with van der Waals surface area (Å²) in [6.07, 6.45) is 1.87. The number of aromatic hydroxyl groups is 1. The smallest absolute Gasteiger partial charge is 0.326 e. The van der Waals surface area contributed by atoms with Gasteiger partial charge in [-0.3, -0.25) is 14.4 Å². The number of carboxylic acids is 1. The Hall–Kier alpha value is -3.14. The van der Waals surface area contributed by atoms with Gasteiger partial charge >= 0.3 is 5.97 Å². The second-order valence-electron chi connectivity index (χ2n) is 9.92. The molecule has 0 fully saturated rings. The molecule has 7 unspecified atom stereocenters. The van der Waals surface area contributed by atoms with Crippen LogP contribution in [0, 0.1) is 17.8 Å². The zero-order valence-corrected chi connectivity index (χ0v) is 22.8. The molecule has 0 bridgehead atoms. The summed E-state index contributed by atoms with van der Waals surface area (Å²) in [5, 5.41) is 27.3. The number of nitrogens with one attached hydrogen (secondary N) is 3. The van der Waals surface area contributed by atoms with Crippen molar-refractivity contribution in [3.63, 3.8) is 0 Å². The molecule has 1 rings (SSSR count). The zero-order valence-electron chi connectivity index (χ0n) is 22.8. The highest BCUT2D eigenvalue weighted by Gasteiger charge is 2.34. The van der Waals surface area contributed by atoms with Crippen molar-refractivity contribution in [3.8, 4) is 5.75 Å². The van der Waals surface area contributed by atoms with Gasteiger partial charge in [-0.25, -0.2) is 4.79 Å². The summed E-state index contributed by atoms with van der Waals surface area (Å²) in [6, 6.07) is 2.19. The molecule has 0 saturated heterocycles.